The predicted octanol–water partition coefficient (Wildman–Crippen LogP) is 4.63. The molecule has 4 rings (SSSR count). The number of benzene rings is 2. The van der Waals surface area contributed by atoms with E-state index >= 15 is 0 Å². The Kier molecular flexibility index (Phi) is 2.20. The summed E-state index contributed by atoms with van der Waals surface area (Å²) in [6.07, 6.45) is 0. The minimum Gasteiger partial charge on any atom is -0.289 e. The molecule has 0 aliphatic heterocycles. The molecule has 2 aromatic carbocycles. The maximum absolute atomic E-state index is 12.5. The zero-order chi connectivity index (χ0) is 12.8. The van der Waals surface area contributed by atoms with Gasteiger partial charge in [0.25, 0.3) is 0 Å². The molecule has 0 spiro atoms. The van der Waals surface area contributed by atoms with Gasteiger partial charge in [0.05, 0.1) is 0 Å². The summed E-state index contributed by atoms with van der Waals surface area (Å²) in [5.41, 5.74) is 4.98. The number of ketones is 1. The highest BCUT2D eigenvalue weighted by Crippen LogP contribution is 2.45. The van der Waals surface area contributed by atoms with Crippen molar-refractivity contribution in [1.82, 2.24) is 0 Å². The molecule has 0 N–H and O–H groups in total. The first-order chi connectivity index (χ1) is 9.36. The molecule has 3 aromatic rings. The van der Waals surface area contributed by atoms with E-state index in [-0.39, 0.29) is 5.78 Å². The molecule has 1 aromatic heterocycles. The number of thiophene rings is 1. The smallest absolute Gasteiger partial charge is 0.195 e. The highest BCUT2D eigenvalue weighted by Gasteiger charge is 2.30. The fraction of sp³-hybridized carbons (Fsp3) is 0. The van der Waals surface area contributed by atoms with Gasteiger partial charge in [0.2, 0.25) is 0 Å². The van der Waals surface area contributed by atoms with Gasteiger partial charge in [-0.3, -0.25) is 4.79 Å². The fourth-order valence-electron chi connectivity index (χ4n) is 2.63. The summed E-state index contributed by atoms with van der Waals surface area (Å²) in [4.78, 5) is 13.6. The van der Waals surface area contributed by atoms with Crippen molar-refractivity contribution in [3.05, 3.63) is 71.1 Å². The van der Waals surface area contributed by atoms with E-state index in [4.69, 9.17) is 0 Å². The Balaban J connectivity index is 1.98. The normalized spacial score (nSPS) is 12.3. The minimum atomic E-state index is 0.158. The molecular formula is C17H10OS. The summed E-state index contributed by atoms with van der Waals surface area (Å²) in [5.74, 6) is 0.158. The van der Waals surface area contributed by atoms with Crippen molar-refractivity contribution in [3.63, 3.8) is 0 Å². The Labute approximate surface area is 115 Å². The van der Waals surface area contributed by atoms with Crippen LogP contribution in [-0.2, 0) is 0 Å². The second kappa shape index (κ2) is 3.90. The average Bonchev–Trinajstić information content (AvgIpc) is 3.02. The van der Waals surface area contributed by atoms with Gasteiger partial charge < -0.3 is 0 Å². The summed E-state index contributed by atoms with van der Waals surface area (Å²) in [5, 5.41) is 2.10. The second-order valence-corrected chi connectivity index (χ2v) is 5.47. The van der Waals surface area contributed by atoms with Gasteiger partial charge >= 0.3 is 0 Å². The summed E-state index contributed by atoms with van der Waals surface area (Å²) in [6.45, 7) is 0. The van der Waals surface area contributed by atoms with Crippen LogP contribution in [0.25, 0.3) is 21.6 Å². The van der Waals surface area contributed by atoms with Crippen LogP contribution in [0.1, 0.15) is 15.9 Å². The SMILES string of the molecule is O=C1c2ccccc2-c2csc(-c3ccccc3)c21. The maximum Gasteiger partial charge on any atom is 0.195 e. The molecular weight excluding hydrogens is 252 g/mol. The summed E-state index contributed by atoms with van der Waals surface area (Å²) in [6, 6.07) is 18.0. The van der Waals surface area contributed by atoms with E-state index in [0.29, 0.717) is 0 Å². The number of fused-ring (bicyclic) bond motifs is 3. The van der Waals surface area contributed by atoms with Gasteiger partial charge in [-0.2, -0.15) is 0 Å². The highest BCUT2D eigenvalue weighted by atomic mass is 32.1. The summed E-state index contributed by atoms with van der Waals surface area (Å²) in [7, 11) is 0. The lowest BCUT2D eigenvalue weighted by molar-refractivity contribution is 0.104. The van der Waals surface area contributed by atoms with Crippen molar-refractivity contribution in [1.29, 1.82) is 0 Å². The van der Waals surface area contributed by atoms with E-state index in [1.165, 1.54) is 0 Å². The number of rotatable bonds is 1. The molecule has 1 aliphatic rings. The molecule has 0 atom stereocenters. The third-order valence-corrected chi connectivity index (χ3v) is 4.55. The third-order valence-electron chi connectivity index (χ3n) is 3.52. The van der Waals surface area contributed by atoms with Gasteiger partial charge in [0, 0.05) is 21.6 Å². The molecule has 2 heteroatoms. The van der Waals surface area contributed by atoms with Gasteiger partial charge in [-0.25, -0.2) is 0 Å². The van der Waals surface area contributed by atoms with Gasteiger partial charge in [-0.1, -0.05) is 54.6 Å². The third kappa shape index (κ3) is 1.44. The Morgan fingerprint density at radius 2 is 1.42 bits per heavy atom. The van der Waals surface area contributed by atoms with Crippen LogP contribution in [0.15, 0.2) is 60.0 Å². The molecule has 0 saturated heterocycles. The number of hydrogen-bond acceptors (Lipinski definition) is 2. The molecule has 0 radical (unpaired) electrons. The molecule has 0 fully saturated rings. The molecule has 0 bridgehead atoms. The Morgan fingerprint density at radius 1 is 0.737 bits per heavy atom. The van der Waals surface area contributed by atoms with Crippen LogP contribution in [0, 0.1) is 0 Å². The lowest BCUT2D eigenvalue weighted by atomic mass is 10.1. The Bertz CT molecular complexity index is 784. The second-order valence-electron chi connectivity index (χ2n) is 4.59. The van der Waals surface area contributed by atoms with Crippen molar-refractivity contribution < 1.29 is 4.79 Å². The van der Waals surface area contributed by atoms with Gasteiger partial charge in [0.15, 0.2) is 5.78 Å². The zero-order valence-corrected chi connectivity index (χ0v) is 10.9. The van der Waals surface area contributed by atoms with Crippen LogP contribution in [-0.4, -0.2) is 5.78 Å². The van der Waals surface area contributed by atoms with E-state index < -0.39 is 0 Å². The molecule has 1 nitrogen and oxygen atoms in total. The van der Waals surface area contributed by atoms with Crippen LogP contribution in [0.4, 0.5) is 0 Å². The quantitative estimate of drug-likeness (QED) is 0.489. The van der Waals surface area contributed by atoms with Gasteiger partial charge in [-0.15, -0.1) is 11.3 Å². The van der Waals surface area contributed by atoms with Crippen molar-refractivity contribution in [2.75, 3.05) is 0 Å². The fourth-order valence-corrected chi connectivity index (χ4v) is 3.71. The topological polar surface area (TPSA) is 17.1 Å². The van der Waals surface area contributed by atoms with Crippen LogP contribution >= 0.6 is 11.3 Å². The van der Waals surface area contributed by atoms with Crippen LogP contribution in [0.3, 0.4) is 0 Å². The zero-order valence-electron chi connectivity index (χ0n) is 10.1. The lowest BCUT2D eigenvalue weighted by Crippen LogP contribution is -1.95. The number of carbonyl (C=O) groups is 1. The van der Waals surface area contributed by atoms with Gasteiger partial charge in [0.1, 0.15) is 0 Å². The van der Waals surface area contributed by atoms with E-state index in [0.717, 1.165) is 32.7 Å². The first-order valence-electron chi connectivity index (χ1n) is 6.17. The number of carbonyl (C=O) groups excluding carboxylic acids is 1. The molecule has 19 heavy (non-hydrogen) atoms. The van der Waals surface area contributed by atoms with Crippen LogP contribution < -0.4 is 0 Å². The molecule has 0 unspecified atom stereocenters. The lowest BCUT2D eigenvalue weighted by Gasteiger charge is -2.00. The molecule has 1 heterocycles. The van der Waals surface area contributed by atoms with Crippen molar-refractivity contribution in [2.24, 2.45) is 0 Å². The minimum absolute atomic E-state index is 0.158. The Hall–Kier alpha value is -2.19. The van der Waals surface area contributed by atoms with Crippen LogP contribution in [0.5, 0.6) is 0 Å². The first-order valence-corrected chi connectivity index (χ1v) is 7.05. The van der Waals surface area contributed by atoms with E-state index in [9.17, 15) is 4.79 Å². The maximum atomic E-state index is 12.5. The van der Waals surface area contributed by atoms with Crippen molar-refractivity contribution in [3.8, 4) is 21.6 Å². The first kappa shape index (κ1) is 10.7. The molecule has 0 amide bonds. The Morgan fingerprint density at radius 3 is 2.21 bits per heavy atom. The van der Waals surface area contributed by atoms with E-state index in [2.05, 4.69) is 17.5 Å². The molecule has 0 saturated carbocycles. The monoisotopic (exact) mass is 262 g/mol. The number of hydrogen-bond donors (Lipinski definition) is 0. The summed E-state index contributed by atoms with van der Waals surface area (Å²) >= 11 is 1.65. The molecule has 90 valence electrons. The van der Waals surface area contributed by atoms with E-state index in [1.807, 2.05) is 42.5 Å². The van der Waals surface area contributed by atoms with Crippen molar-refractivity contribution >= 4 is 17.1 Å². The average molecular weight is 262 g/mol. The largest absolute Gasteiger partial charge is 0.289 e. The molecule has 1 aliphatic carbocycles. The van der Waals surface area contributed by atoms with Crippen LogP contribution in [0.2, 0.25) is 0 Å². The van der Waals surface area contributed by atoms with Crippen molar-refractivity contribution in [2.45, 2.75) is 0 Å². The van der Waals surface area contributed by atoms with Gasteiger partial charge in [-0.05, 0) is 16.5 Å². The summed E-state index contributed by atoms with van der Waals surface area (Å²) < 4.78 is 0. The predicted molar refractivity (Wildman–Crippen MR) is 78.6 cm³/mol. The van der Waals surface area contributed by atoms with E-state index in [1.54, 1.807) is 11.3 Å². The highest BCUT2D eigenvalue weighted by molar-refractivity contribution is 7.14. The standard InChI is InChI=1S/C17H10OS/c18-16-13-9-5-4-8-12(13)14-10-19-17(15(14)16)11-6-2-1-3-7-11/h1-10H.